The van der Waals surface area contributed by atoms with Gasteiger partial charge in [-0.1, -0.05) is 28.1 Å². The van der Waals surface area contributed by atoms with Gasteiger partial charge in [0.1, 0.15) is 0 Å². The van der Waals surface area contributed by atoms with Crippen LogP contribution >= 0.6 is 15.9 Å². The van der Waals surface area contributed by atoms with Crippen molar-refractivity contribution >= 4 is 27.7 Å². The molecule has 2 rings (SSSR count). The summed E-state index contributed by atoms with van der Waals surface area (Å²) in [6, 6.07) is 8.40. The van der Waals surface area contributed by atoms with E-state index in [4.69, 9.17) is 4.74 Å². The fourth-order valence-electron chi connectivity index (χ4n) is 1.66. The van der Waals surface area contributed by atoms with Crippen LogP contribution < -0.4 is 0 Å². The Morgan fingerprint density at radius 3 is 2.05 bits per heavy atom. The molecule has 0 radical (unpaired) electrons. The van der Waals surface area contributed by atoms with Gasteiger partial charge >= 0.3 is 5.97 Å². The van der Waals surface area contributed by atoms with E-state index < -0.39 is 35.6 Å². The average molecular weight is 367 g/mol. The standard InChI is InChI=1S/C15H11BrO6/c16-10-3-1-8(2-4-10)13(19)7-22-15(21)9-5-11(17)14(20)12(18)6-9/h1-6,17-18,20H,7H2. The van der Waals surface area contributed by atoms with E-state index in [2.05, 4.69) is 15.9 Å². The van der Waals surface area contributed by atoms with Crippen molar-refractivity contribution in [1.29, 1.82) is 0 Å². The van der Waals surface area contributed by atoms with Crippen LogP contribution in [-0.4, -0.2) is 33.7 Å². The summed E-state index contributed by atoms with van der Waals surface area (Å²) in [7, 11) is 0. The molecule has 0 bridgehead atoms. The number of phenols is 3. The monoisotopic (exact) mass is 366 g/mol. The lowest BCUT2D eigenvalue weighted by atomic mass is 10.1. The summed E-state index contributed by atoms with van der Waals surface area (Å²) in [5.41, 5.74) is 0.198. The summed E-state index contributed by atoms with van der Waals surface area (Å²) in [6.07, 6.45) is 0. The molecule has 0 aliphatic carbocycles. The number of ketones is 1. The molecule has 0 aliphatic heterocycles. The Labute approximate surface area is 133 Å². The van der Waals surface area contributed by atoms with E-state index in [9.17, 15) is 24.9 Å². The summed E-state index contributed by atoms with van der Waals surface area (Å²) in [5.74, 6) is -3.36. The van der Waals surface area contributed by atoms with E-state index in [1.165, 1.54) is 0 Å². The normalized spacial score (nSPS) is 10.2. The van der Waals surface area contributed by atoms with Crippen LogP contribution in [-0.2, 0) is 4.74 Å². The molecule has 0 fully saturated rings. The summed E-state index contributed by atoms with van der Waals surface area (Å²) in [6.45, 7) is -0.483. The molecule has 0 saturated heterocycles. The number of Topliss-reactive ketones (excluding diaryl/α,β-unsaturated/α-hetero) is 1. The molecule has 7 heteroatoms. The molecule has 2 aromatic carbocycles. The minimum Gasteiger partial charge on any atom is -0.504 e. The van der Waals surface area contributed by atoms with Crippen molar-refractivity contribution in [3.8, 4) is 17.2 Å². The SMILES string of the molecule is O=C(COC(=O)c1cc(O)c(O)c(O)c1)c1ccc(Br)cc1. The molecular weight excluding hydrogens is 356 g/mol. The van der Waals surface area contributed by atoms with Gasteiger partial charge in [0.15, 0.2) is 29.6 Å². The molecule has 0 aromatic heterocycles. The van der Waals surface area contributed by atoms with E-state index in [1.807, 2.05) is 0 Å². The third-order valence-electron chi connectivity index (χ3n) is 2.81. The van der Waals surface area contributed by atoms with Gasteiger partial charge in [-0.3, -0.25) is 4.79 Å². The Morgan fingerprint density at radius 2 is 1.50 bits per heavy atom. The number of esters is 1. The Bertz CT molecular complexity index is 700. The molecule has 0 saturated carbocycles. The number of hydrogen-bond donors (Lipinski definition) is 3. The van der Waals surface area contributed by atoms with Crippen molar-refractivity contribution < 1.29 is 29.6 Å². The highest BCUT2D eigenvalue weighted by atomic mass is 79.9. The lowest BCUT2D eigenvalue weighted by molar-refractivity contribution is 0.0474. The first kappa shape index (κ1) is 15.8. The van der Waals surface area contributed by atoms with E-state index >= 15 is 0 Å². The summed E-state index contributed by atoms with van der Waals surface area (Å²) >= 11 is 3.24. The molecule has 0 amide bonds. The largest absolute Gasteiger partial charge is 0.504 e. The average Bonchev–Trinajstić information content (AvgIpc) is 2.50. The van der Waals surface area contributed by atoms with Gasteiger partial charge in [0.05, 0.1) is 5.56 Å². The van der Waals surface area contributed by atoms with Gasteiger partial charge in [0.2, 0.25) is 0 Å². The molecule has 2 aromatic rings. The van der Waals surface area contributed by atoms with Crippen LogP contribution in [0.15, 0.2) is 40.9 Å². The van der Waals surface area contributed by atoms with Crippen LogP contribution in [0.25, 0.3) is 0 Å². The summed E-state index contributed by atoms with van der Waals surface area (Å²) in [4.78, 5) is 23.6. The zero-order chi connectivity index (χ0) is 16.3. The zero-order valence-electron chi connectivity index (χ0n) is 11.1. The highest BCUT2D eigenvalue weighted by Gasteiger charge is 2.16. The maximum atomic E-state index is 11.8. The van der Waals surface area contributed by atoms with Crippen LogP contribution in [0.4, 0.5) is 0 Å². The minimum atomic E-state index is -0.906. The fourth-order valence-corrected chi connectivity index (χ4v) is 1.92. The number of carbonyl (C=O) groups excluding carboxylic acids is 2. The van der Waals surface area contributed by atoms with Crippen molar-refractivity contribution in [2.45, 2.75) is 0 Å². The maximum Gasteiger partial charge on any atom is 0.338 e. The molecule has 3 N–H and O–H groups in total. The number of benzene rings is 2. The van der Waals surface area contributed by atoms with Crippen molar-refractivity contribution in [3.63, 3.8) is 0 Å². The van der Waals surface area contributed by atoms with E-state index in [0.29, 0.717) is 5.56 Å². The van der Waals surface area contributed by atoms with Crippen molar-refractivity contribution in [1.82, 2.24) is 0 Å². The topological polar surface area (TPSA) is 104 Å². The van der Waals surface area contributed by atoms with Crippen LogP contribution in [0.1, 0.15) is 20.7 Å². The van der Waals surface area contributed by atoms with E-state index in [-0.39, 0.29) is 5.56 Å². The van der Waals surface area contributed by atoms with Crippen LogP contribution in [0.3, 0.4) is 0 Å². The molecule has 22 heavy (non-hydrogen) atoms. The molecule has 0 heterocycles. The number of aromatic hydroxyl groups is 3. The first-order valence-corrected chi connectivity index (χ1v) is 6.88. The smallest absolute Gasteiger partial charge is 0.338 e. The second kappa shape index (κ2) is 6.48. The van der Waals surface area contributed by atoms with Crippen molar-refractivity contribution in [2.24, 2.45) is 0 Å². The Hall–Kier alpha value is -2.54. The van der Waals surface area contributed by atoms with Crippen molar-refractivity contribution in [2.75, 3.05) is 6.61 Å². The second-order valence-corrected chi connectivity index (χ2v) is 5.28. The molecule has 0 spiro atoms. The summed E-state index contributed by atoms with van der Waals surface area (Å²) < 4.78 is 5.64. The molecule has 6 nitrogen and oxygen atoms in total. The predicted molar refractivity (Wildman–Crippen MR) is 80.2 cm³/mol. The van der Waals surface area contributed by atoms with Crippen LogP contribution in [0, 0.1) is 0 Å². The number of halogens is 1. The van der Waals surface area contributed by atoms with Gasteiger partial charge in [-0.2, -0.15) is 0 Å². The van der Waals surface area contributed by atoms with E-state index in [0.717, 1.165) is 16.6 Å². The number of carbonyl (C=O) groups is 2. The van der Waals surface area contributed by atoms with Gasteiger partial charge in [-0.25, -0.2) is 4.79 Å². The van der Waals surface area contributed by atoms with E-state index in [1.54, 1.807) is 24.3 Å². The number of hydrogen-bond acceptors (Lipinski definition) is 6. The van der Waals surface area contributed by atoms with Crippen molar-refractivity contribution in [3.05, 3.63) is 52.0 Å². The Morgan fingerprint density at radius 1 is 0.955 bits per heavy atom. The van der Waals surface area contributed by atoms with Gasteiger partial charge in [0, 0.05) is 10.0 Å². The Kier molecular flexibility index (Phi) is 4.67. The predicted octanol–water partition coefficient (Wildman–Crippen LogP) is 2.61. The first-order valence-electron chi connectivity index (χ1n) is 6.09. The third kappa shape index (κ3) is 3.56. The third-order valence-corrected chi connectivity index (χ3v) is 3.33. The molecule has 114 valence electrons. The summed E-state index contributed by atoms with van der Waals surface area (Å²) in [5, 5.41) is 27.8. The first-order chi connectivity index (χ1) is 10.4. The molecule has 0 unspecified atom stereocenters. The minimum absolute atomic E-state index is 0.184. The van der Waals surface area contributed by atoms with Crippen LogP contribution in [0.5, 0.6) is 17.2 Å². The lowest BCUT2D eigenvalue weighted by Gasteiger charge is -2.07. The molecular formula is C15H11BrO6. The highest BCUT2D eigenvalue weighted by molar-refractivity contribution is 9.10. The Balaban J connectivity index is 2.04. The maximum absolute atomic E-state index is 11.8. The van der Waals surface area contributed by atoms with Gasteiger partial charge < -0.3 is 20.1 Å². The number of rotatable bonds is 4. The number of ether oxygens (including phenoxy) is 1. The highest BCUT2D eigenvalue weighted by Crippen LogP contribution is 2.35. The zero-order valence-corrected chi connectivity index (χ0v) is 12.7. The lowest BCUT2D eigenvalue weighted by Crippen LogP contribution is -2.14. The second-order valence-electron chi connectivity index (χ2n) is 4.37. The quantitative estimate of drug-likeness (QED) is 0.436. The van der Waals surface area contributed by atoms with Gasteiger partial charge in [-0.05, 0) is 24.3 Å². The molecule has 0 aliphatic rings. The van der Waals surface area contributed by atoms with Gasteiger partial charge in [0.25, 0.3) is 0 Å². The fraction of sp³-hybridized carbons (Fsp3) is 0.0667. The number of phenolic OH excluding ortho intramolecular Hbond substituents is 3. The molecule has 0 atom stereocenters. The van der Waals surface area contributed by atoms with Crippen LogP contribution in [0.2, 0.25) is 0 Å². The van der Waals surface area contributed by atoms with Gasteiger partial charge in [-0.15, -0.1) is 0 Å².